The molecule has 5 nitrogen and oxygen atoms in total. The molecule has 0 aliphatic carbocycles. The lowest BCUT2D eigenvalue weighted by Crippen LogP contribution is -2.26. The van der Waals surface area contributed by atoms with Gasteiger partial charge in [-0.15, -0.1) is 0 Å². The second kappa shape index (κ2) is 5.01. The average molecular weight is 247 g/mol. The molecule has 1 heterocycles. The van der Waals surface area contributed by atoms with E-state index in [9.17, 15) is 9.59 Å². The summed E-state index contributed by atoms with van der Waals surface area (Å²) in [6, 6.07) is 8.35. The number of carbonyl (C=O) groups is 1. The van der Waals surface area contributed by atoms with Crippen molar-refractivity contribution in [3.05, 3.63) is 46.4 Å². The number of aromatic nitrogens is 1. The summed E-state index contributed by atoms with van der Waals surface area (Å²) >= 11 is 0. The first-order valence-electron chi connectivity index (χ1n) is 5.62. The first-order valence-corrected chi connectivity index (χ1v) is 5.62. The van der Waals surface area contributed by atoms with E-state index >= 15 is 0 Å². The lowest BCUT2D eigenvalue weighted by Gasteiger charge is -2.10. The van der Waals surface area contributed by atoms with Crippen molar-refractivity contribution in [1.82, 2.24) is 4.57 Å². The Bertz CT molecular complexity index is 645. The van der Waals surface area contributed by atoms with Gasteiger partial charge in [0.15, 0.2) is 0 Å². The van der Waals surface area contributed by atoms with Crippen LogP contribution in [0.5, 0.6) is 0 Å². The van der Waals surface area contributed by atoms with Crippen LogP contribution in [0.2, 0.25) is 0 Å². The molecule has 0 fully saturated rings. The first kappa shape index (κ1) is 12.3. The topological polar surface area (TPSA) is 79.5 Å². The molecule has 94 valence electrons. The lowest BCUT2D eigenvalue weighted by atomic mass is 10.1. The smallest absolute Gasteiger partial charge is 0.352 e. The van der Waals surface area contributed by atoms with E-state index in [-0.39, 0.29) is 24.4 Å². The maximum absolute atomic E-state index is 12.2. The number of rotatable bonds is 4. The Morgan fingerprint density at radius 3 is 2.67 bits per heavy atom. The average Bonchev–Trinajstić information content (AvgIpc) is 2.37. The summed E-state index contributed by atoms with van der Waals surface area (Å²) in [6.45, 7) is 0.111. The fourth-order valence-electron chi connectivity index (χ4n) is 1.93. The third-order valence-corrected chi connectivity index (χ3v) is 2.78. The third kappa shape index (κ3) is 2.12. The Morgan fingerprint density at radius 1 is 1.28 bits per heavy atom. The largest absolute Gasteiger partial charge is 0.477 e. The van der Waals surface area contributed by atoms with Crippen molar-refractivity contribution in [2.24, 2.45) is 0 Å². The second-order valence-corrected chi connectivity index (χ2v) is 3.96. The van der Waals surface area contributed by atoms with Crippen LogP contribution >= 0.6 is 0 Å². The van der Waals surface area contributed by atoms with Gasteiger partial charge in [-0.25, -0.2) is 4.79 Å². The van der Waals surface area contributed by atoms with Crippen LogP contribution < -0.4 is 5.56 Å². The summed E-state index contributed by atoms with van der Waals surface area (Å²) in [5.74, 6) is -1.14. The maximum Gasteiger partial charge on any atom is 0.352 e. The Morgan fingerprint density at radius 2 is 2.00 bits per heavy atom. The highest BCUT2D eigenvalue weighted by atomic mass is 16.4. The normalized spacial score (nSPS) is 10.7. The summed E-state index contributed by atoms with van der Waals surface area (Å²) in [7, 11) is 0. The molecule has 2 N–H and O–H groups in total. The number of nitrogens with zero attached hydrogens (tertiary/aromatic N) is 1. The molecule has 0 amide bonds. The molecule has 0 aliphatic rings. The summed E-state index contributed by atoms with van der Waals surface area (Å²) in [6.07, 6.45) is 0.346. The molecular weight excluding hydrogens is 234 g/mol. The molecular formula is C13H13NO4. The molecule has 0 saturated carbocycles. The molecule has 2 rings (SSSR count). The van der Waals surface area contributed by atoms with Crippen LogP contribution in [0.4, 0.5) is 0 Å². The van der Waals surface area contributed by atoms with E-state index in [2.05, 4.69) is 0 Å². The summed E-state index contributed by atoms with van der Waals surface area (Å²) in [5, 5.41) is 19.0. The molecule has 0 saturated heterocycles. The van der Waals surface area contributed by atoms with Crippen molar-refractivity contribution in [3.8, 4) is 0 Å². The molecule has 0 radical (unpaired) electrons. The number of fused-ring (bicyclic) bond motifs is 1. The minimum atomic E-state index is -1.14. The second-order valence-electron chi connectivity index (χ2n) is 3.96. The van der Waals surface area contributed by atoms with Crippen LogP contribution in [0.25, 0.3) is 10.8 Å². The van der Waals surface area contributed by atoms with Crippen LogP contribution in [-0.2, 0) is 6.54 Å². The fourth-order valence-corrected chi connectivity index (χ4v) is 1.93. The SMILES string of the molecule is O=C(O)c1cc2ccccc2c(=O)n1CCCO. The van der Waals surface area contributed by atoms with Crippen LogP contribution in [-0.4, -0.2) is 27.4 Å². The number of carboxylic acids is 1. The van der Waals surface area contributed by atoms with E-state index in [1.54, 1.807) is 24.3 Å². The highest BCUT2D eigenvalue weighted by molar-refractivity contribution is 5.92. The standard InChI is InChI=1S/C13H13NO4/c15-7-3-6-14-11(13(17)18)8-9-4-1-2-5-10(9)12(14)16/h1-2,4-5,8,15H,3,6-7H2,(H,17,18). The molecule has 1 aromatic carbocycles. The number of aliphatic hydroxyl groups excluding tert-OH is 1. The molecule has 2 aromatic rings. The minimum absolute atomic E-state index is 0.0489. The van der Waals surface area contributed by atoms with Gasteiger partial charge >= 0.3 is 5.97 Å². The van der Waals surface area contributed by atoms with Gasteiger partial charge in [-0.05, 0) is 23.9 Å². The van der Waals surface area contributed by atoms with Crippen molar-refractivity contribution >= 4 is 16.7 Å². The number of hydrogen-bond acceptors (Lipinski definition) is 3. The zero-order valence-corrected chi connectivity index (χ0v) is 9.67. The number of hydrogen-bond donors (Lipinski definition) is 2. The van der Waals surface area contributed by atoms with Gasteiger partial charge in [0.1, 0.15) is 5.69 Å². The van der Waals surface area contributed by atoms with Crippen molar-refractivity contribution in [3.63, 3.8) is 0 Å². The van der Waals surface area contributed by atoms with E-state index in [1.807, 2.05) is 0 Å². The van der Waals surface area contributed by atoms with Gasteiger partial charge < -0.3 is 14.8 Å². The highest BCUT2D eigenvalue weighted by Gasteiger charge is 2.13. The van der Waals surface area contributed by atoms with E-state index in [4.69, 9.17) is 10.2 Å². The van der Waals surface area contributed by atoms with Gasteiger partial charge in [-0.3, -0.25) is 4.79 Å². The van der Waals surface area contributed by atoms with E-state index < -0.39 is 5.97 Å². The molecule has 5 heteroatoms. The molecule has 0 unspecified atom stereocenters. The van der Waals surface area contributed by atoms with Crippen LogP contribution in [0.15, 0.2) is 35.1 Å². The predicted octanol–water partition coefficient (Wildman–Crippen LogP) is 1.08. The lowest BCUT2D eigenvalue weighted by molar-refractivity contribution is 0.0683. The molecule has 0 atom stereocenters. The third-order valence-electron chi connectivity index (χ3n) is 2.78. The van der Waals surface area contributed by atoms with Gasteiger partial charge in [-0.2, -0.15) is 0 Å². The molecule has 0 bridgehead atoms. The van der Waals surface area contributed by atoms with Gasteiger partial charge in [0, 0.05) is 18.5 Å². The summed E-state index contributed by atoms with van der Waals surface area (Å²) < 4.78 is 1.20. The highest BCUT2D eigenvalue weighted by Crippen LogP contribution is 2.12. The summed E-state index contributed by atoms with van der Waals surface area (Å²) in [4.78, 5) is 23.3. The molecule has 0 spiro atoms. The number of pyridine rings is 1. The van der Waals surface area contributed by atoms with Crippen molar-refractivity contribution < 1.29 is 15.0 Å². The Balaban J connectivity index is 2.71. The Labute approximate surface area is 103 Å². The monoisotopic (exact) mass is 247 g/mol. The first-order chi connectivity index (χ1) is 8.65. The minimum Gasteiger partial charge on any atom is -0.477 e. The molecule has 18 heavy (non-hydrogen) atoms. The number of aromatic carboxylic acids is 1. The van der Waals surface area contributed by atoms with Crippen LogP contribution in [0.1, 0.15) is 16.9 Å². The molecule has 0 aliphatic heterocycles. The van der Waals surface area contributed by atoms with Crippen LogP contribution in [0, 0.1) is 0 Å². The van der Waals surface area contributed by atoms with Crippen molar-refractivity contribution in [2.75, 3.05) is 6.61 Å². The van der Waals surface area contributed by atoms with Gasteiger partial charge in [0.25, 0.3) is 5.56 Å². The maximum atomic E-state index is 12.2. The van der Waals surface area contributed by atoms with E-state index in [1.165, 1.54) is 10.6 Å². The van der Waals surface area contributed by atoms with Crippen LogP contribution in [0.3, 0.4) is 0 Å². The van der Waals surface area contributed by atoms with Gasteiger partial charge in [0.05, 0.1) is 0 Å². The predicted molar refractivity (Wildman–Crippen MR) is 66.9 cm³/mol. The molecule has 1 aromatic heterocycles. The van der Waals surface area contributed by atoms with Gasteiger partial charge in [0.2, 0.25) is 0 Å². The van der Waals surface area contributed by atoms with Crippen molar-refractivity contribution in [2.45, 2.75) is 13.0 Å². The van der Waals surface area contributed by atoms with Gasteiger partial charge in [-0.1, -0.05) is 18.2 Å². The van der Waals surface area contributed by atoms with E-state index in [0.717, 1.165) is 0 Å². The van der Waals surface area contributed by atoms with Crippen molar-refractivity contribution in [1.29, 1.82) is 0 Å². The summed E-state index contributed by atoms with van der Waals surface area (Å²) in [5.41, 5.74) is -0.383. The zero-order valence-electron chi connectivity index (χ0n) is 9.67. The Hall–Kier alpha value is -2.14. The Kier molecular flexibility index (Phi) is 3.43. The number of benzene rings is 1. The number of carboxylic acid groups (broad SMARTS) is 1. The zero-order chi connectivity index (χ0) is 13.1. The van der Waals surface area contributed by atoms with E-state index in [0.29, 0.717) is 17.2 Å². The number of aliphatic hydroxyl groups is 1. The quantitative estimate of drug-likeness (QED) is 0.847. The fraction of sp³-hybridized carbons (Fsp3) is 0.231.